The van der Waals surface area contributed by atoms with Gasteiger partial charge in [0.05, 0.1) is 12.0 Å². The van der Waals surface area contributed by atoms with Crippen LogP contribution in [0.2, 0.25) is 5.02 Å². The maximum absolute atomic E-state index is 11.4. The molecule has 1 aromatic rings. The van der Waals surface area contributed by atoms with Crippen molar-refractivity contribution in [3.8, 4) is 0 Å². The van der Waals surface area contributed by atoms with E-state index < -0.39 is 4.92 Å². The number of nitrogens with zero attached hydrogens (tertiary/aromatic N) is 2. The van der Waals surface area contributed by atoms with Gasteiger partial charge >= 0.3 is 5.97 Å². The highest BCUT2D eigenvalue weighted by Gasteiger charge is 2.35. The smallest absolute Gasteiger partial charge is 0.328 e. The lowest BCUT2D eigenvalue weighted by Crippen LogP contribution is -2.53. The molecule has 1 aliphatic heterocycles. The number of hydrogen-bond donors (Lipinski definition) is 0. The van der Waals surface area contributed by atoms with Crippen LogP contribution in [0.5, 0.6) is 0 Å². The van der Waals surface area contributed by atoms with E-state index in [0.29, 0.717) is 18.7 Å². The van der Waals surface area contributed by atoms with Crippen LogP contribution in [-0.4, -0.2) is 30.6 Å². The quantitative estimate of drug-likeness (QED) is 0.477. The maximum atomic E-state index is 11.4. The number of anilines is 1. The van der Waals surface area contributed by atoms with Crippen molar-refractivity contribution in [1.29, 1.82) is 0 Å². The van der Waals surface area contributed by atoms with Gasteiger partial charge in [-0.1, -0.05) is 11.6 Å². The average molecular weight is 271 g/mol. The summed E-state index contributed by atoms with van der Waals surface area (Å²) in [4.78, 5) is 23.4. The molecule has 1 unspecified atom stereocenters. The van der Waals surface area contributed by atoms with Crippen LogP contribution in [-0.2, 0) is 9.53 Å². The summed E-state index contributed by atoms with van der Waals surface area (Å²) in [5, 5.41) is 10.9. The minimum absolute atomic E-state index is 0.0823. The Balaban J connectivity index is 2.27. The van der Waals surface area contributed by atoms with E-state index in [1.165, 1.54) is 19.2 Å². The molecule has 2 rings (SSSR count). The van der Waals surface area contributed by atoms with Gasteiger partial charge in [-0.2, -0.15) is 0 Å². The molecule has 96 valence electrons. The van der Waals surface area contributed by atoms with Gasteiger partial charge in [0.25, 0.3) is 5.69 Å². The molecular formula is C11H11ClN2O4. The highest BCUT2D eigenvalue weighted by molar-refractivity contribution is 6.32. The van der Waals surface area contributed by atoms with Gasteiger partial charge in [0.2, 0.25) is 0 Å². The van der Waals surface area contributed by atoms with E-state index in [1.807, 2.05) is 0 Å². The van der Waals surface area contributed by atoms with Crippen LogP contribution in [0.25, 0.3) is 0 Å². The van der Waals surface area contributed by atoms with Gasteiger partial charge in [-0.3, -0.25) is 10.1 Å². The predicted octanol–water partition coefficient (Wildman–Crippen LogP) is 2.00. The van der Waals surface area contributed by atoms with Crippen molar-refractivity contribution in [2.45, 2.75) is 12.5 Å². The number of ether oxygens (including phenoxy) is 1. The number of carbonyl (C=O) groups is 1. The van der Waals surface area contributed by atoms with Gasteiger partial charge in [-0.05, 0) is 18.6 Å². The number of esters is 1. The van der Waals surface area contributed by atoms with Crippen molar-refractivity contribution >= 4 is 28.9 Å². The first kappa shape index (κ1) is 12.6. The lowest BCUT2D eigenvalue weighted by molar-refractivity contribution is -0.384. The molecule has 0 aromatic heterocycles. The van der Waals surface area contributed by atoms with Crippen molar-refractivity contribution < 1.29 is 14.5 Å². The minimum atomic E-state index is -0.543. The Bertz CT molecular complexity index is 506. The minimum Gasteiger partial charge on any atom is -0.467 e. The zero-order valence-corrected chi connectivity index (χ0v) is 10.4. The Morgan fingerprint density at radius 1 is 1.61 bits per heavy atom. The number of rotatable bonds is 3. The number of nitro benzene ring substituents is 1. The number of nitro groups is 1. The first-order valence-corrected chi connectivity index (χ1v) is 5.71. The second kappa shape index (κ2) is 4.81. The van der Waals surface area contributed by atoms with Crippen molar-refractivity contribution in [2.24, 2.45) is 0 Å². The fourth-order valence-corrected chi connectivity index (χ4v) is 2.08. The third-order valence-corrected chi connectivity index (χ3v) is 3.27. The van der Waals surface area contributed by atoms with Crippen molar-refractivity contribution in [3.63, 3.8) is 0 Å². The Morgan fingerprint density at radius 3 is 2.83 bits per heavy atom. The van der Waals surface area contributed by atoms with Crippen LogP contribution < -0.4 is 4.90 Å². The lowest BCUT2D eigenvalue weighted by atomic mass is 10.0. The summed E-state index contributed by atoms with van der Waals surface area (Å²) < 4.78 is 4.67. The average Bonchev–Trinajstić information content (AvgIpc) is 2.29. The first-order valence-electron chi connectivity index (χ1n) is 5.33. The van der Waals surface area contributed by atoms with Crippen molar-refractivity contribution in [3.05, 3.63) is 33.3 Å². The molecule has 1 heterocycles. The molecule has 6 nitrogen and oxygen atoms in total. The number of halogens is 1. The molecule has 0 aliphatic carbocycles. The van der Waals surface area contributed by atoms with Crippen LogP contribution >= 0.6 is 11.6 Å². The molecule has 1 aromatic carbocycles. The first-order chi connectivity index (χ1) is 8.54. The van der Waals surface area contributed by atoms with Gasteiger partial charge in [0, 0.05) is 18.3 Å². The Hall–Kier alpha value is -1.82. The van der Waals surface area contributed by atoms with Crippen LogP contribution in [0.1, 0.15) is 6.42 Å². The van der Waals surface area contributed by atoms with Gasteiger partial charge in [0.1, 0.15) is 11.1 Å². The zero-order valence-electron chi connectivity index (χ0n) is 9.63. The second-order valence-electron chi connectivity index (χ2n) is 3.91. The standard InChI is InChI=1S/C11H11ClN2O4/c1-18-11(15)9-4-5-13(9)7-2-3-8(12)10(6-7)14(16)17/h2-3,6,9H,4-5H2,1H3. The molecule has 0 bridgehead atoms. The highest BCUT2D eigenvalue weighted by atomic mass is 35.5. The molecule has 0 N–H and O–H groups in total. The molecular weight excluding hydrogens is 260 g/mol. The van der Waals surface area contributed by atoms with E-state index >= 15 is 0 Å². The molecule has 0 saturated carbocycles. The third-order valence-electron chi connectivity index (χ3n) is 2.95. The molecule has 1 fully saturated rings. The van der Waals surface area contributed by atoms with E-state index in [-0.39, 0.29) is 22.7 Å². The summed E-state index contributed by atoms with van der Waals surface area (Å²) in [6, 6.07) is 4.12. The normalized spacial score (nSPS) is 18.1. The third kappa shape index (κ3) is 2.11. The molecule has 1 aliphatic rings. The van der Waals surface area contributed by atoms with Crippen LogP contribution in [0.15, 0.2) is 18.2 Å². The number of carbonyl (C=O) groups excluding carboxylic acids is 1. The van der Waals surface area contributed by atoms with Gasteiger partial charge in [0.15, 0.2) is 0 Å². The summed E-state index contributed by atoms with van der Waals surface area (Å²) in [6.45, 7) is 0.665. The fraction of sp³-hybridized carbons (Fsp3) is 0.364. The molecule has 1 atom stereocenters. The topological polar surface area (TPSA) is 72.7 Å². The molecule has 0 spiro atoms. The molecule has 0 amide bonds. The number of benzene rings is 1. The number of hydrogen-bond acceptors (Lipinski definition) is 5. The predicted molar refractivity (Wildman–Crippen MR) is 65.9 cm³/mol. The largest absolute Gasteiger partial charge is 0.467 e. The van der Waals surface area contributed by atoms with E-state index in [1.54, 1.807) is 11.0 Å². The van der Waals surface area contributed by atoms with Gasteiger partial charge < -0.3 is 9.64 Å². The van der Waals surface area contributed by atoms with Crippen LogP contribution in [0.4, 0.5) is 11.4 Å². The molecule has 7 heteroatoms. The van der Waals surface area contributed by atoms with Crippen LogP contribution in [0.3, 0.4) is 0 Å². The molecule has 1 saturated heterocycles. The Kier molecular flexibility index (Phi) is 3.38. The van der Waals surface area contributed by atoms with E-state index in [4.69, 9.17) is 11.6 Å². The van der Waals surface area contributed by atoms with Crippen LogP contribution in [0, 0.1) is 10.1 Å². The lowest BCUT2D eigenvalue weighted by Gasteiger charge is -2.40. The SMILES string of the molecule is COC(=O)C1CCN1c1ccc(Cl)c([N+](=O)[O-])c1. The van der Waals surface area contributed by atoms with E-state index in [2.05, 4.69) is 4.74 Å². The monoisotopic (exact) mass is 270 g/mol. The molecule has 18 heavy (non-hydrogen) atoms. The highest BCUT2D eigenvalue weighted by Crippen LogP contribution is 2.33. The summed E-state index contributed by atoms with van der Waals surface area (Å²) >= 11 is 5.73. The van der Waals surface area contributed by atoms with Crippen molar-refractivity contribution in [2.75, 3.05) is 18.6 Å². The second-order valence-corrected chi connectivity index (χ2v) is 4.32. The summed E-state index contributed by atoms with van der Waals surface area (Å²) in [6.07, 6.45) is 0.684. The van der Waals surface area contributed by atoms with Crippen molar-refractivity contribution in [1.82, 2.24) is 0 Å². The van der Waals surface area contributed by atoms with Gasteiger partial charge in [-0.15, -0.1) is 0 Å². The summed E-state index contributed by atoms with van der Waals surface area (Å²) in [5.74, 6) is -0.334. The number of methoxy groups -OCH3 is 1. The summed E-state index contributed by atoms with van der Waals surface area (Å²) in [7, 11) is 1.32. The van der Waals surface area contributed by atoms with Gasteiger partial charge in [-0.25, -0.2) is 4.79 Å². The maximum Gasteiger partial charge on any atom is 0.328 e. The summed E-state index contributed by atoms with van der Waals surface area (Å²) in [5.41, 5.74) is 0.442. The zero-order chi connectivity index (χ0) is 13.3. The fourth-order valence-electron chi connectivity index (χ4n) is 1.90. The Morgan fingerprint density at radius 2 is 2.33 bits per heavy atom. The van der Waals surface area contributed by atoms with E-state index in [0.717, 1.165) is 0 Å². The molecule has 0 radical (unpaired) electrons. The Labute approximate surface area is 108 Å². The van der Waals surface area contributed by atoms with E-state index in [9.17, 15) is 14.9 Å².